The number of aryl methyl sites for hydroxylation is 1. The van der Waals surface area contributed by atoms with Crippen LogP contribution in [0.2, 0.25) is 0 Å². The van der Waals surface area contributed by atoms with Gasteiger partial charge in [0.25, 0.3) is 5.91 Å². The first-order chi connectivity index (χ1) is 7.63. The van der Waals surface area contributed by atoms with Crippen molar-refractivity contribution in [2.75, 3.05) is 0 Å². The minimum atomic E-state index is 0.197. The van der Waals surface area contributed by atoms with E-state index in [1.54, 1.807) is 0 Å². The van der Waals surface area contributed by atoms with Gasteiger partial charge in [-0.25, -0.2) is 0 Å². The molecular weight excluding hydrogens is 198 g/mol. The topological polar surface area (TPSA) is 20.3 Å². The Kier molecular flexibility index (Phi) is 2.99. The minimum Gasteiger partial charge on any atom is -0.332 e. The molecule has 0 saturated carbocycles. The highest BCUT2D eigenvalue weighted by atomic mass is 16.2. The Hall–Kier alpha value is -1.31. The van der Waals surface area contributed by atoms with Crippen LogP contribution in [0, 0.1) is 0 Å². The van der Waals surface area contributed by atoms with Crippen LogP contribution < -0.4 is 0 Å². The SMILES string of the molecule is CCCc1ccc2c(c1)C(=O)N(C(C)C)C2. The first-order valence-electron chi connectivity index (χ1n) is 6.06. The second-order valence-electron chi connectivity index (χ2n) is 4.77. The van der Waals surface area contributed by atoms with Crippen LogP contribution >= 0.6 is 0 Å². The molecule has 0 aromatic heterocycles. The van der Waals surface area contributed by atoms with E-state index in [1.807, 2.05) is 4.90 Å². The van der Waals surface area contributed by atoms with Crippen LogP contribution in [-0.2, 0) is 13.0 Å². The fourth-order valence-electron chi connectivity index (χ4n) is 2.23. The van der Waals surface area contributed by atoms with Crippen LogP contribution in [0.4, 0.5) is 0 Å². The molecule has 16 heavy (non-hydrogen) atoms. The van der Waals surface area contributed by atoms with Crippen molar-refractivity contribution in [3.63, 3.8) is 0 Å². The van der Waals surface area contributed by atoms with Crippen LogP contribution in [0.1, 0.15) is 48.7 Å². The largest absolute Gasteiger partial charge is 0.332 e. The van der Waals surface area contributed by atoms with Crippen LogP contribution in [0.25, 0.3) is 0 Å². The van der Waals surface area contributed by atoms with Crippen molar-refractivity contribution in [1.82, 2.24) is 4.90 Å². The summed E-state index contributed by atoms with van der Waals surface area (Å²) in [4.78, 5) is 14.1. The zero-order valence-electron chi connectivity index (χ0n) is 10.3. The van der Waals surface area contributed by atoms with Crippen molar-refractivity contribution >= 4 is 5.91 Å². The molecule has 0 aliphatic carbocycles. The summed E-state index contributed by atoms with van der Waals surface area (Å²) in [5.41, 5.74) is 3.37. The highest BCUT2D eigenvalue weighted by Gasteiger charge is 2.28. The van der Waals surface area contributed by atoms with Gasteiger partial charge in [-0.2, -0.15) is 0 Å². The van der Waals surface area contributed by atoms with E-state index in [0.717, 1.165) is 24.9 Å². The van der Waals surface area contributed by atoms with Gasteiger partial charge in [0.2, 0.25) is 0 Å². The van der Waals surface area contributed by atoms with Gasteiger partial charge in [0.05, 0.1) is 0 Å². The lowest BCUT2D eigenvalue weighted by atomic mass is 10.0. The average Bonchev–Trinajstić information content (AvgIpc) is 2.57. The molecule has 1 aromatic carbocycles. The third kappa shape index (κ3) is 1.84. The Labute approximate surface area is 97.3 Å². The van der Waals surface area contributed by atoms with Crippen molar-refractivity contribution in [2.45, 2.75) is 46.2 Å². The minimum absolute atomic E-state index is 0.197. The summed E-state index contributed by atoms with van der Waals surface area (Å²) in [5.74, 6) is 0.197. The van der Waals surface area contributed by atoms with E-state index in [1.165, 1.54) is 11.1 Å². The summed E-state index contributed by atoms with van der Waals surface area (Å²) < 4.78 is 0. The molecule has 0 atom stereocenters. The van der Waals surface area contributed by atoms with Crippen molar-refractivity contribution in [1.29, 1.82) is 0 Å². The quantitative estimate of drug-likeness (QED) is 0.762. The number of nitrogens with zero attached hydrogens (tertiary/aromatic N) is 1. The number of benzene rings is 1. The Morgan fingerprint density at radius 1 is 1.38 bits per heavy atom. The van der Waals surface area contributed by atoms with Crippen molar-refractivity contribution in [2.24, 2.45) is 0 Å². The van der Waals surface area contributed by atoms with Crippen LogP contribution in [-0.4, -0.2) is 16.8 Å². The Bertz CT molecular complexity index is 409. The molecule has 1 aliphatic rings. The number of hydrogen-bond donors (Lipinski definition) is 0. The zero-order valence-corrected chi connectivity index (χ0v) is 10.3. The number of rotatable bonds is 3. The molecule has 0 fully saturated rings. The number of carbonyl (C=O) groups is 1. The van der Waals surface area contributed by atoms with E-state index in [4.69, 9.17) is 0 Å². The zero-order chi connectivity index (χ0) is 11.7. The summed E-state index contributed by atoms with van der Waals surface area (Å²) in [6.07, 6.45) is 2.18. The van der Waals surface area contributed by atoms with Crippen LogP contribution in [0.15, 0.2) is 18.2 Å². The van der Waals surface area contributed by atoms with Crippen LogP contribution in [0.3, 0.4) is 0 Å². The van der Waals surface area contributed by atoms with E-state index in [-0.39, 0.29) is 11.9 Å². The van der Waals surface area contributed by atoms with Gasteiger partial charge in [0.15, 0.2) is 0 Å². The molecule has 0 radical (unpaired) electrons. The average molecular weight is 217 g/mol. The molecule has 0 saturated heterocycles. The van der Waals surface area contributed by atoms with Gasteiger partial charge in [0, 0.05) is 18.2 Å². The van der Waals surface area contributed by atoms with Gasteiger partial charge < -0.3 is 4.90 Å². The fourth-order valence-corrected chi connectivity index (χ4v) is 2.23. The molecule has 1 aliphatic heterocycles. The molecule has 0 N–H and O–H groups in total. The predicted molar refractivity (Wildman–Crippen MR) is 65.4 cm³/mol. The maximum Gasteiger partial charge on any atom is 0.254 e. The first-order valence-corrected chi connectivity index (χ1v) is 6.06. The molecular formula is C14H19NO. The number of fused-ring (bicyclic) bond motifs is 1. The maximum absolute atomic E-state index is 12.1. The third-order valence-corrected chi connectivity index (χ3v) is 3.17. The summed E-state index contributed by atoms with van der Waals surface area (Å²) in [7, 11) is 0. The summed E-state index contributed by atoms with van der Waals surface area (Å²) in [5, 5.41) is 0. The van der Waals surface area contributed by atoms with Gasteiger partial charge in [-0.3, -0.25) is 4.79 Å². The second kappa shape index (κ2) is 4.28. The lowest BCUT2D eigenvalue weighted by molar-refractivity contribution is 0.0730. The van der Waals surface area contributed by atoms with Crippen molar-refractivity contribution in [3.05, 3.63) is 34.9 Å². The van der Waals surface area contributed by atoms with Gasteiger partial charge in [0.1, 0.15) is 0 Å². The van der Waals surface area contributed by atoms with Gasteiger partial charge in [-0.15, -0.1) is 0 Å². The van der Waals surface area contributed by atoms with Crippen molar-refractivity contribution < 1.29 is 4.79 Å². The Balaban J connectivity index is 2.30. The highest BCUT2D eigenvalue weighted by Crippen LogP contribution is 2.25. The molecule has 86 valence electrons. The van der Waals surface area contributed by atoms with E-state index in [9.17, 15) is 4.79 Å². The number of amides is 1. The molecule has 1 amide bonds. The van der Waals surface area contributed by atoms with E-state index in [2.05, 4.69) is 39.0 Å². The smallest absolute Gasteiger partial charge is 0.254 e. The molecule has 0 spiro atoms. The van der Waals surface area contributed by atoms with E-state index in [0.29, 0.717) is 0 Å². The lowest BCUT2D eigenvalue weighted by Crippen LogP contribution is -2.30. The maximum atomic E-state index is 12.1. The van der Waals surface area contributed by atoms with Crippen molar-refractivity contribution in [3.8, 4) is 0 Å². The molecule has 1 heterocycles. The molecule has 2 rings (SSSR count). The fraction of sp³-hybridized carbons (Fsp3) is 0.500. The monoisotopic (exact) mass is 217 g/mol. The summed E-state index contributed by atoms with van der Waals surface area (Å²) in [6, 6.07) is 6.62. The summed E-state index contributed by atoms with van der Waals surface area (Å²) in [6.45, 7) is 7.07. The number of carbonyl (C=O) groups excluding carboxylic acids is 1. The predicted octanol–water partition coefficient (Wildman–Crippen LogP) is 3.00. The van der Waals surface area contributed by atoms with Gasteiger partial charge >= 0.3 is 0 Å². The standard InChI is InChI=1S/C14H19NO/c1-4-5-11-6-7-12-9-15(10(2)3)14(16)13(12)8-11/h6-8,10H,4-5,9H2,1-3H3. The third-order valence-electron chi connectivity index (χ3n) is 3.17. The van der Waals surface area contributed by atoms with Crippen LogP contribution in [0.5, 0.6) is 0 Å². The summed E-state index contributed by atoms with van der Waals surface area (Å²) >= 11 is 0. The second-order valence-corrected chi connectivity index (χ2v) is 4.77. The molecule has 2 heteroatoms. The van der Waals surface area contributed by atoms with E-state index < -0.39 is 0 Å². The highest BCUT2D eigenvalue weighted by molar-refractivity contribution is 5.98. The normalized spacial score (nSPS) is 14.8. The van der Waals surface area contributed by atoms with E-state index >= 15 is 0 Å². The number of hydrogen-bond acceptors (Lipinski definition) is 1. The Morgan fingerprint density at radius 3 is 2.75 bits per heavy atom. The molecule has 2 nitrogen and oxygen atoms in total. The molecule has 0 unspecified atom stereocenters. The lowest BCUT2D eigenvalue weighted by Gasteiger charge is -2.19. The van der Waals surface area contributed by atoms with Gasteiger partial charge in [-0.1, -0.05) is 25.5 Å². The Morgan fingerprint density at radius 2 is 2.12 bits per heavy atom. The first kappa shape index (κ1) is 11.2. The molecule has 1 aromatic rings. The van der Waals surface area contributed by atoms with Gasteiger partial charge in [-0.05, 0) is 37.5 Å². The molecule has 0 bridgehead atoms.